The van der Waals surface area contributed by atoms with Gasteiger partial charge in [-0.3, -0.25) is 0 Å². The van der Waals surface area contributed by atoms with Crippen molar-refractivity contribution >= 4 is 8.56 Å². The smallest absolute Gasteiger partial charge is 0.337 e. The Balaban J connectivity index is 2.84. The first-order chi connectivity index (χ1) is 11.8. The second-order valence-corrected chi connectivity index (χ2v) is 9.68. The molecule has 0 bridgehead atoms. The molecule has 0 spiro atoms. The molecule has 0 heterocycles. The van der Waals surface area contributed by atoms with E-state index in [4.69, 9.17) is 8.85 Å². The van der Waals surface area contributed by atoms with Crippen LogP contribution in [0.25, 0.3) is 0 Å². The van der Waals surface area contributed by atoms with E-state index in [0.717, 1.165) is 25.7 Å². The van der Waals surface area contributed by atoms with Gasteiger partial charge in [0.05, 0.1) is 12.2 Å². The van der Waals surface area contributed by atoms with Gasteiger partial charge in [0.15, 0.2) is 23.3 Å². The number of benzene rings is 1. The van der Waals surface area contributed by atoms with E-state index in [-0.39, 0.29) is 0 Å². The highest BCUT2D eigenvalue weighted by molar-refractivity contribution is 6.67. The third kappa shape index (κ3) is 5.49. The second kappa shape index (κ2) is 10.2. The maximum Gasteiger partial charge on any atom is 0.337 e. The van der Waals surface area contributed by atoms with Crippen molar-refractivity contribution in [3.63, 3.8) is 0 Å². The fourth-order valence-corrected chi connectivity index (χ4v) is 4.79. The van der Waals surface area contributed by atoms with Gasteiger partial charge in [-0.25, -0.2) is 22.0 Å². The van der Waals surface area contributed by atoms with Crippen LogP contribution in [0.5, 0.6) is 0 Å². The molecule has 0 radical (unpaired) electrons. The van der Waals surface area contributed by atoms with Crippen molar-refractivity contribution in [2.45, 2.75) is 65.1 Å². The molecule has 2 nitrogen and oxygen atoms in total. The lowest BCUT2D eigenvalue weighted by molar-refractivity contribution is 0.154. The summed E-state index contributed by atoms with van der Waals surface area (Å²) in [7, 11) is -2.75. The molecule has 0 saturated carbocycles. The topological polar surface area (TPSA) is 18.5 Å². The van der Waals surface area contributed by atoms with Gasteiger partial charge in [0.2, 0.25) is 5.82 Å². The van der Waals surface area contributed by atoms with Crippen LogP contribution < -0.4 is 0 Å². The summed E-state index contributed by atoms with van der Waals surface area (Å²) in [4.78, 5) is 0. The average Bonchev–Trinajstić information content (AvgIpc) is 2.63. The Hall–Kier alpha value is -0.993. The minimum absolute atomic E-state index is 0.463. The summed E-state index contributed by atoms with van der Waals surface area (Å²) < 4.78 is 78.6. The van der Waals surface area contributed by atoms with Crippen molar-refractivity contribution < 1.29 is 30.8 Å². The fraction of sp³-hybridized carbons (Fsp3) is 0.647. The van der Waals surface area contributed by atoms with Gasteiger partial charge >= 0.3 is 8.56 Å². The molecule has 8 heteroatoms. The van der Waals surface area contributed by atoms with Gasteiger partial charge in [-0.05, 0) is 18.5 Å². The highest BCUT2D eigenvalue weighted by Gasteiger charge is 2.35. The summed E-state index contributed by atoms with van der Waals surface area (Å²) in [6, 6.07) is 1.04. The SMILES string of the molecule is CCCCCCO[Si](CC)(CC)OCc1c(F)c(F)c(F)c(F)c1F. The predicted octanol–water partition coefficient (Wildman–Crippen LogP) is 5.98. The molecule has 144 valence electrons. The molecule has 0 aliphatic carbocycles. The standard InChI is InChI=1S/C17H25F5O2Si/c1-4-7-8-9-10-23-25(5-2,6-3)24-11-12-13(18)15(20)17(22)16(21)14(12)19/h4-11H2,1-3H3. The first kappa shape index (κ1) is 22.0. The molecular weight excluding hydrogens is 359 g/mol. The highest BCUT2D eigenvalue weighted by atomic mass is 28.4. The Labute approximate surface area is 146 Å². The molecule has 0 aliphatic heterocycles. The van der Waals surface area contributed by atoms with Gasteiger partial charge in [-0.2, -0.15) is 0 Å². The van der Waals surface area contributed by atoms with E-state index in [2.05, 4.69) is 6.92 Å². The van der Waals surface area contributed by atoms with Crippen molar-refractivity contribution in [1.29, 1.82) is 0 Å². The van der Waals surface area contributed by atoms with Gasteiger partial charge in [0, 0.05) is 6.61 Å². The summed E-state index contributed by atoms with van der Waals surface area (Å²) >= 11 is 0. The van der Waals surface area contributed by atoms with E-state index < -0.39 is 49.8 Å². The van der Waals surface area contributed by atoms with Crippen LogP contribution in [0.2, 0.25) is 12.1 Å². The molecular formula is C17H25F5O2Si. The number of halogens is 5. The third-order valence-electron chi connectivity index (χ3n) is 4.22. The zero-order valence-electron chi connectivity index (χ0n) is 14.9. The van der Waals surface area contributed by atoms with Crippen molar-refractivity contribution in [3.05, 3.63) is 34.6 Å². The summed E-state index contributed by atoms with van der Waals surface area (Å²) in [5.41, 5.74) is -0.954. The van der Waals surface area contributed by atoms with E-state index in [0.29, 0.717) is 18.7 Å². The monoisotopic (exact) mass is 384 g/mol. The lowest BCUT2D eigenvalue weighted by atomic mass is 10.2. The van der Waals surface area contributed by atoms with Crippen LogP contribution in [0.3, 0.4) is 0 Å². The first-order valence-corrected chi connectivity index (χ1v) is 10.8. The summed E-state index contributed by atoms with van der Waals surface area (Å²) in [6.45, 7) is 5.52. The van der Waals surface area contributed by atoms with E-state index in [9.17, 15) is 22.0 Å². The van der Waals surface area contributed by atoms with Gasteiger partial charge in [-0.15, -0.1) is 0 Å². The average molecular weight is 384 g/mol. The van der Waals surface area contributed by atoms with Gasteiger partial charge < -0.3 is 8.85 Å². The van der Waals surface area contributed by atoms with Crippen molar-refractivity contribution in [2.24, 2.45) is 0 Å². The Morgan fingerprint density at radius 2 is 1.20 bits per heavy atom. The minimum Gasteiger partial charge on any atom is -0.394 e. The molecule has 1 rings (SSSR count). The van der Waals surface area contributed by atoms with Crippen LogP contribution >= 0.6 is 0 Å². The molecule has 0 amide bonds. The molecule has 0 atom stereocenters. The maximum absolute atomic E-state index is 13.8. The maximum atomic E-state index is 13.8. The molecule has 0 unspecified atom stereocenters. The van der Waals surface area contributed by atoms with Crippen molar-refractivity contribution in [1.82, 2.24) is 0 Å². The molecule has 0 N–H and O–H groups in total. The molecule has 0 aliphatic rings. The van der Waals surface area contributed by atoms with Gasteiger partial charge in [0.1, 0.15) is 0 Å². The second-order valence-electron chi connectivity index (χ2n) is 5.86. The van der Waals surface area contributed by atoms with E-state index >= 15 is 0 Å². The number of hydrogen-bond donors (Lipinski definition) is 0. The van der Waals surface area contributed by atoms with E-state index in [1.165, 1.54) is 0 Å². The zero-order chi connectivity index (χ0) is 19.0. The largest absolute Gasteiger partial charge is 0.394 e. The van der Waals surface area contributed by atoms with Crippen LogP contribution in [0.1, 0.15) is 52.0 Å². The lowest BCUT2D eigenvalue weighted by Gasteiger charge is -2.29. The molecule has 25 heavy (non-hydrogen) atoms. The highest BCUT2D eigenvalue weighted by Crippen LogP contribution is 2.27. The Kier molecular flexibility index (Phi) is 9.02. The molecule has 0 aromatic heterocycles. The third-order valence-corrected chi connectivity index (χ3v) is 7.78. The zero-order valence-corrected chi connectivity index (χ0v) is 15.9. The Bertz CT molecular complexity index is 535. The summed E-state index contributed by atoms with van der Waals surface area (Å²) in [5, 5.41) is 0. The number of hydrogen-bond acceptors (Lipinski definition) is 2. The Morgan fingerprint density at radius 1 is 0.680 bits per heavy atom. The Morgan fingerprint density at radius 3 is 1.68 bits per heavy atom. The molecule has 1 aromatic rings. The van der Waals surface area contributed by atoms with Crippen molar-refractivity contribution in [3.8, 4) is 0 Å². The molecule has 0 fully saturated rings. The predicted molar refractivity (Wildman–Crippen MR) is 87.8 cm³/mol. The minimum atomic E-state index is -2.75. The molecule has 1 aromatic carbocycles. The van der Waals surface area contributed by atoms with Crippen LogP contribution in [0, 0.1) is 29.1 Å². The van der Waals surface area contributed by atoms with Crippen LogP contribution in [0.15, 0.2) is 0 Å². The van der Waals surface area contributed by atoms with E-state index in [1.807, 2.05) is 13.8 Å². The van der Waals surface area contributed by atoms with Crippen LogP contribution in [0.4, 0.5) is 22.0 Å². The number of rotatable bonds is 11. The van der Waals surface area contributed by atoms with Gasteiger partial charge in [0.25, 0.3) is 0 Å². The number of unbranched alkanes of at least 4 members (excludes halogenated alkanes) is 3. The normalized spacial score (nSPS) is 12.0. The summed E-state index contributed by atoms with van der Waals surface area (Å²) in [6.07, 6.45) is 4.02. The van der Waals surface area contributed by atoms with Crippen LogP contribution in [-0.4, -0.2) is 15.2 Å². The first-order valence-electron chi connectivity index (χ1n) is 8.61. The lowest BCUT2D eigenvalue weighted by Crippen LogP contribution is -2.41. The summed E-state index contributed by atoms with van der Waals surface area (Å²) in [5.74, 6) is -9.79. The van der Waals surface area contributed by atoms with E-state index in [1.54, 1.807) is 0 Å². The van der Waals surface area contributed by atoms with Gasteiger partial charge in [-0.1, -0.05) is 40.0 Å². The molecule has 0 saturated heterocycles. The fourth-order valence-electron chi connectivity index (χ4n) is 2.47. The quantitative estimate of drug-likeness (QED) is 0.154. The van der Waals surface area contributed by atoms with Crippen molar-refractivity contribution in [2.75, 3.05) is 6.61 Å². The van der Waals surface area contributed by atoms with Crippen LogP contribution in [-0.2, 0) is 15.5 Å².